The summed E-state index contributed by atoms with van der Waals surface area (Å²) >= 11 is 0. The molecule has 3 amide bonds. The molecule has 4 saturated heterocycles. The van der Waals surface area contributed by atoms with Gasteiger partial charge in [-0.05, 0) is 24.0 Å². The second-order valence-corrected chi connectivity index (χ2v) is 19.9. The Labute approximate surface area is 439 Å². The Kier molecular flexibility index (Phi) is 20.0. The van der Waals surface area contributed by atoms with Crippen molar-refractivity contribution in [3.05, 3.63) is 108 Å². The number of aliphatic hydroxyl groups excluding tert-OH is 7. The molecule has 3 aromatic rings. The molecule has 23 heteroatoms. The molecule has 1 aliphatic carbocycles. The van der Waals surface area contributed by atoms with Crippen LogP contribution in [0.15, 0.2) is 91.0 Å². The second-order valence-electron chi connectivity index (χ2n) is 19.9. The van der Waals surface area contributed by atoms with E-state index >= 15 is 0 Å². The number of aliphatic hydroxyl groups is 7. The summed E-state index contributed by atoms with van der Waals surface area (Å²) in [5.41, 5.74) is 2.14. The van der Waals surface area contributed by atoms with Crippen LogP contribution in [-0.2, 0) is 65.4 Å². The number of hydrogen-bond donors (Lipinski definition) is 10. The van der Waals surface area contributed by atoms with Crippen LogP contribution in [0, 0.1) is 11.8 Å². The third kappa shape index (κ3) is 13.8. The minimum atomic E-state index is -1.79. The van der Waals surface area contributed by atoms with Gasteiger partial charge >= 0.3 is 12.2 Å². The Bertz CT molecular complexity index is 2290. The van der Waals surface area contributed by atoms with Gasteiger partial charge in [0.25, 0.3) is 0 Å². The maximum atomic E-state index is 13.7. The van der Waals surface area contributed by atoms with Crippen LogP contribution in [0.2, 0.25) is 0 Å². The molecule has 76 heavy (non-hydrogen) atoms. The fourth-order valence-electron chi connectivity index (χ4n) is 10.0. The number of amides is 3. The van der Waals surface area contributed by atoms with Gasteiger partial charge in [-0.3, -0.25) is 4.79 Å². The molecule has 1 saturated carbocycles. The van der Waals surface area contributed by atoms with E-state index in [1.54, 1.807) is 68.4 Å². The predicted molar refractivity (Wildman–Crippen MR) is 262 cm³/mol. The molecule has 418 valence electrons. The lowest BCUT2D eigenvalue weighted by molar-refractivity contribution is -0.366. The summed E-state index contributed by atoms with van der Waals surface area (Å²) in [5, 5.41) is 87.6. The van der Waals surface area contributed by atoms with Crippen molar-refractivity contribution in [1.29, 1.82) is 0 Å². The first-order valence-corrected chi connectivity index (χ1v) is 25.8. The summed E-state index contributed by atoms with van der Waals surface area (Å²) < 4.78 is 61.1. The fourth-order valence-corrected chi connectivity index (χ4v) is 10.0. The Hall–Kier alpha value is -4.93. The van der Waals surface area contributed by atoms with E-state index in [0.29, 0.717) is 12.0 Å². The van der Waals surface area contributed by atoms with Crippen LogP contribution in [-0.4, -0.2) is 184 Å². The van der Waals surface area contributed by atoms with Crippen LogP contribution >= 0.6 is 0 Å². The van der Waals surface area contributed by atoms with Gasteiger partial charge in [-0.15, -0.1) is 0 Å². The number of alkyl carbamates (subject to hydrolysis) is 2. The molecule has 4 aliphatic heterocycles. The number of ether oxygens (including phenoxy) is 10. The molecule has 3 aromatic carbocycles. The number of carbonyl (C=O) groups is 3. The Morgan fingerprint density at radius 3 is 1.86 bits per heavy atom. The maximum Gasteiger partial charge on any atom is 0.407 e. The first kappa shape index (κ1) is 57.3. The van der Waals surface area contributed by atoms with Crippen molar-refractivity contribution >= 4 is 18.1 Å². The van der Waals surface area contributed by atoms with Gasteiger partial charge in [-0.1, -0.05) is 118 Å². The normalized spacial score (nSPS) is 36.8. The molecule has 21 atom stereocenters. The number of carbonyl (C=O) groups excluding carboxylic acids is 3. The largest absolute Gasteiger partial charge is 0.445 e. The summed E-state index contributed by atoms with van der Waals surface area (Å²) in [6.07, 6.45) is -24.7. The second kappa shape index (κ2) is 26.6. The minimum Gasteiger partial charge on any atom is -0.445 e. The quantitative estimate of drug-likeness (QED) is 0.0793. The summed E-state index contributed by atoms with van der Waals surface area (Å²) in [6, 6.07) is 24.5. The molecule has 8 rings (SSSR count). The van der Waals surface area contributed by atoms with Crippen molar-refractivity contribution in [2.45, 2.75) is 170 Å². The van der Waals surface area contributed by atoms with Gasteiger partial charge in [-0.2, -0.15) is 0 Å². The van der Waals surface area contributed by atoms with E-state index < -0.39 is 153 Å². The third-order valence-electron chi connectivity index (χ3n) is 14.4. The van der Waals surface area contributed by atoms with E-state index in [1.807, 2.05) is 36.4 Å². The van der Waals surface area contributed by atoms with Gasteiger partial charge in [0, 0.05) is 23.9 Å². The fraction of sp³-hybridized carbons (Fsp3) is 0.604. The molecule has 4 heterocycles. The zero-order valence-corrected chi connectivity index (χ0v) is 42.4. The molecular weight excluding hydrogens is 999 g/mol. The lowest BCUT2D eigenvalue weighted by atomic mass is 9.82. The highest BCUT2D eigenvalue weighted by Crippen LogP contribution is 2.40. The van der Waals surface area contributed by atoms with E-state index in [-0.39, 0.29) is 39.2 Å². The topological polar surface area (TPSA) is 321 Å². The van der Waals surface area contributed by atoms with Crippen molar-refractivity contribution in [2.75, 3.05) is 19.8 Å². The number of rotatable bonds is 19. The molecule has 5 fully saturated rings. The van der Waals surface area contributed by atoms with E-state index in [4.69, 9.17) is 47.4 Å². The number of fused-ring (bicyclic) bond motifs is 1. The highest BCUT2D eigenvalue weighted by molar-refractivity contribution is 5.80. The Balaban J connectivity index is 1.03. The van der Waals surface area contributed by atoms with Crippen molar-refractivity contribution in [1.82, 2.24) is 16.0 Å². The standard InChI is InChI=1S/C53H71N3O20/c1-4-14-34(58)47(64)55-32-21-33(56-53(66)69-25-30-17-10-6-11-18-30)43(73-49-28(3)39(60)45-37(72-49)26-67-50(75-45)31-19-12-7-13-20-31)46(40(32)61)76-51-42(63)44(36(23-57)71-51)74-48-27(2)38(59)41(62)35(70-48)22-54-52(65)68-24-29-15-8-5-9-16-29/h5-13,15-20,27-28,32-46,48-51,57-63H,4,14,21-26H2,1-3H3,(H,54,65)(H,55,64)(H,56,66)/t27-,28-,32-,33+,34+,35+,36-,37-,38-,39-,40+,41-,42-,43-,44-,45-,46-,48-,49-,50?,51+/m1/s1. The molecule has 10 N–H and O–H groups in total. The van der Waals surface area contributed by atoms with E-state index in [9.17, 15) is 50.1 Å². The van der Waals surface area contributed by atoms with Crippen LogP contribution in [0.25, 0.3) is 0 Å². The van der Waals surface area contributed by atoms with E-state index in [0.717, 1.165) is 11.1 Å². The van der Waals surface area contributed by atoms with E-state index in [1.165, 1.54) is 6.92 Å². The van der Waals surface area contributed by atoms with Crippen LogP contribution in [0.5, 0.6) is 0 Å². The highest BCUT2D eigenvalue weighted by Gasteiger charge is 2.56. The van der Waals surface area contributed by atoms with Crippen LogP contribution in [0.4, 0.5) is 9.59 Å². The summed E-state index contributed by atoms with van der Waals surface area (Å²) in [6.45, 7) is 3.69. The molecule has 23 nitrogen and oxygen atoms in total. The van der Waals surface area contributed by atoms with Gasteiger partial charge in [0.05, 0.1) is 37.5 Å². The molecule has 0 bridgehead atoms. The first-order valence-electron chi connectivity index (χ1n) is 25.8. The summed E-state index contributed by atoms with van der Waals surface area (Å²) in [4.78, 5) is 39.8. The van der Waals surface area contributed by atoms with Gasteiger partial charge in [-0.25, -0.2) is 9.59 Å². The number of benzene rings is 3. The smallest absolute Gasteiger partial charge is 0.407 e. The average molecular weight is 1070 g/mol. The van der Waals surface area contributed by atoms with Crippen molar-refractivity contribution in [3.63, 3.8) is 0 Å². The minimum absolute atomic E-state index is 0.0211. The van der Waals surface area contributed by atoms with Crippen molar-refractivity contribution in [2.24, 2.45) is 11.8 Å². The SMILES string of the molecule is CCC[C@H](O)C(=O)N[C@@H]1C[C@H](NC(=O)OCc2ccccc2)[C@@H](O[C@H]2O[C@@H]3COC(c4ccccc4)O[C@H]3[C@H](O)[C@H]2C)[C@H](O[C@@H]2O[C@H](CO)[C@@H](O[C@H]3O[C@@H](CNC(=O)OCc4ccccc4)[C@@H](O)[C@H](O)[C@H]3C)[C@H]2O)[C@H]1O. The third-order valence-corrected chi connectivity index (χ3v) is 14.4. The zero-order valence-electron chi connectivity index (χ0n) is 42.4. The Morgan fingerprint density at radius 2 is 1.21 bits per heavy atom. The molecule has 0 spiro atoms. The molecular formula is C53H71N3O20. The van der Waals surface area contributed by atoms with Crippen molar-refractivity contribution in [3.8, 4) is 0 Å². The number of hydrogen-bond acceptors (Lipinski definition) is 20. The number of nitrogens with one attached hydrogen (secondary N) is 3. The average Bonchev–Trinajstić information content (AvgIpc) is 3.74. The Morgan fingerprint density at radius 1 is 0.632 bits per heavy atom. The lowest BCUT2D eigenvalue weighted by Crippen LogP contribution is -2.68. The van der Waals surface area contributed by atoms with Gasteiger partial charge in [0.2, 0.25) is 5.91 Å². The monoisotopic (exact) mass is 1070 g/mol. The van der Waals surface area contributed by atoms with Gasteiger partial charge in [0.1, 0.15) is 80.4 Å². The first-order chi connectivity index (χ1) is 36.6. The molecule has 5 aliphatic rings. The van der Waals surface area contributed by atoms with Crippen LogP contribution < -0.4 is 16.0 Å². The van der Waals surface area contributed by atoms with Crippen LogP contribution in [0.3, 0.4) is 0 Å². The molecule has 0 aromatic heterocycles. The van der Waals surface area contributed by atoms with Crippen molar-refractivity contribution < 1.29 is 97.5 Å². The summed E-state index contributed by atoms with van der Waals surface area (Å²) in [5.74, 6) is -2.61. The molecule has 0 radical (unpaired) electrons. The summed E-state index contributed by atoms with van der Waals surface area (Å²) in [7, 11) is 0. The maximum absolute atomic E-state index is 13.7. The highest BCUT2D eigenvalue weighted by atomic mass is 16.8. The zero-order chi connectivity index (χ0) is 54.0. The van der Waals surface area contributed by atoms with E-state index in [2.05, 4.69) is 16.0 Å². The lowest BCUT2D eigenvalue weighted by Gasteiger charge is -2.50. The van der Waals surface area contributed by atoms with Crippen LogP contribution in [0.1, 0.15) is 63.0 Å². The van der Waals surface area contributed by atoms with Gasteiger partial charge < -0.3 is 99.1 Å². The predicted octanol–water partition coefficient (Wildman–Crippen LogP) is 0.771. The molecule has 1 unspecified atom stereocenters. The van der Waals surface area contributed by atoms with Gasteiger partial charge in [0.15, 0.2) is 25.2 Å².